The molecule has 0 aliphatic heterocycles. The van der Waals surface area contributed by atoms with Crippen molar-refractivity contribution in [3.8, 4) is 0 Å². The van der Waals surface area contributed by atoms with Gasteiger partial charge in [0.25, 0.3) is 0 Å². The van der Waals surface area contributed by atoms with Crippen LogP contribution in [0, 0.1) is 6.92 Å². The van der Waals surface area contributed by atoms with Crippen molar-refractivity contribution in [3.05, 3.63) is 70.8 Å². The molecule has 118 valence electrons. The van der Waals surface area contributed by atoms with E-state index < -0.39 is 0 Å². The molecule has 0 heteroatoms. The Balaban J connectivity index is 1.91. The summed E-state index contributed by atoms with van der Waals surface area (Å²) >= 11 is 0. The van der Waals surface area contributed by atoms with E-state index in [-0.39, 0.29) is 5.41 Å². The Kier molecular flexibility index (Phi) is 5.83. The normalized spacial score (nSPS) is 11.6. The molecule has 0 heterocycles. The quantitative estimate of drug-likeness (QED) is 0.530. The molecule has 2 aromatic rings. The zero-order valence-electron chi connectivity index (χ0n) is 14.7. The Morgan fingerprint density at radius 1 is 0.818 bits per heavy atom. The van der Waals surface area contributed by atoms with Gasteiger partial charge in [-0.3, -0.25) is 0 Å². The van der Waals surface area contributed by atoms with Gasteiger partial charge in [0.2, 0.25) is 0 Å². The molecule has 2 rings (SSSR count). The predicted octanol–water partition coefficient (Wildman–Crippen LogP) is 6.25. The molecular weight excluding hydrogens is 264 g/mol. The molecule has 0 amide bonds. The lowest BCUT2D eigenvalue weighted by Crippen LogP contribution is -2.19. The van der Waals surface area contributed by atoms with E-state index in [1.165, 1.54) is 47.9 Å². The van der Waals surface area contributed by atoms with Crippen LogP contribution in [0.3, 0.4) is 0 Å². The molecule has 0 radical (unpaired) electrons. The fraction of sp³-hybridized carbons (Fsp3) is 0.455. The average Bonchev–Trinajstić information content (AvgIpc) is 2.53. The van der Waals surface area contributed by atoms with Gasteiger partial charge >= 0.3 is 0 Å². The molecule has 0 N–H and O–H groups in total. The van der Waals surface area contributed by atoms with Gasteiger partial charge in [0.15, 0.2) is 0 Å². The Morgan fingerprint density at radius 2 is 1.45 bits per heavy atom. The molecule has 0 nitrogen and oxygen atoms in total. The van der Waals surface area contributed by atoms with E-state index in [2.05, 4.69) is 76.2 Å². The van der Waals surface area contributed by atoms with E-state index in [9.17, 15) is 0 Å². The van der Waals surface area contributed by atoms with Crippen molar-refractivity contribution >= 4 is 0 Å². The van der Waals surface area contributed by atoms with Crippen molar-refractivity contribution in [2.75, 3.05) is 0 Å². The third-order valence-electron chi connectivity index (χ3n) is 4.89. The molecule has 0 saturated heterocycles. The first-order valence-corrected chi connectivity index (χ1v) is 8.67. The van der Waals surface area contributed by atoms with Crippen LogP contribution in [-0.2, 0) is 18.3 Å². The van der Waals surface area contributed by atoms with Gasteiger partial charge in [0.05, 0.1) is 0 Å². The first-order chi connectivity index (χ1) is 10.5. The first kappa shape index (κ1) is 16.8. The summed E-state index contributed by atoms with van der Waals surface area (Å²) in [6.45, 7) is 9.27. The van der Waals surface area contributed by atoms with Gasteiger partial charge in [-0.1, -0.05) is 75.7 Å². The van der Waals surface area contributed by atoms with E-state index in [0.717, 1.165) is 6.42 Å². The Bertz CT molecular complexity index is 592. The van der Waals surface area contributed by atoms with Crippen LogP contribution in [-0.4, -0.2) is 0 Å². The molecule has 2 aromatic carbocycles. The highest BCUT2D eigenvalue weighted by Gasteiger charge is 2.22. The molecule has 0 aliphatic carbocycles. The van der Waals surface area contributed by atoms with E-state index >= 15 is 0 Å². The van der Waals surface area contributed by atoms with Crippen molar-refractivity contribution in [1.29, 1.82) is 0 Å². The van der Waals surface area contributed by atoms with E-state index in [0.29, 0.717) is 0 Å². The van der Waals surface area contributed by atoms with Crippen molar-refractivity contribution in [2.24, 2.45) is 0 Å². The SMILES string of the molecule is CCc1ccccc1C(C)(C)CCCCc1ccccc1C. The standard InChI is InChI=1S/C22H30/c1-5-19-13-8-9-16-21(19)22(3,4)17-11-10-15-20-14-7-6-12-18(20)2/h6-9,12-14,16H,5,10-11,15,17H2,1-4H3. The van der Waals surface area contributed by atoms with Crippen LogP contribution in [0.2, 0.25) is 0 Å². The van der Waals surface area contributed by atoms with Gasteiger partial charge in [0.1, 0.15) is 0 Å². The summed E-state index contributed by atoms with van der Waals surface area (Å²) in [4.78, 5) is 0. The van der Waals surface area contributed by atoms with Gasteiger partial charge in [-0.2, -0.15) is 0 Å². The highest BCUT2D eigenvalue weighted by molar-refractivity contribution is 5.33. The van der Waals surface area contributed by atoms with E-state index in [4.69, 9.17) is 0 Å². The number of hydrogen-bond donors (Lipinski definition) is 0. The number of benzene rings is 2. The Morgan fingerprint density at radius 3 is 2.14 bits per heavy atom. The lowest BCUT2D eigenvalue weighted by Gasteiger charge is -2.28. The van der Waals surface area contributed by atoms with Crippen LogP contribution in [0.15, 0.2) is 48.5 Å². The highest BCUT2D eigenvalue weighted by Crippen LogP contribution is 2.32. The maximum Gasteiger partial charge on any atom is -0.0101 e. The molecule has 0 spiro atoms. The Labute approximate surface area is 136 Å². The predicted molar refractivity (Wildman–Crippen MR) is 97.6 cm³/mol. The summed E-state index contributed by atoms with van der Waals surface area (Å²) in [6, 6.07) is 17.7. The van der Waals surface area contributed by atoms with Gasteiger partial charge in [-0.15, -0.1) is 0 Å². The monoisotopic (exact) mass is 294 g/mol. The topological polar surface area (TPSA) is 0 Å². The van der Waals surface area contributed by atoms with Crippen LogP contribution in [0.5, 0.6) is 0 Å². The van der Waals surface area contributed by atoms with Crippen LogP contribution in [0.25, 0.3) is 0 Å². The molecule has 0 unspecified atom stereocenters. The van der Waals surface area contributed by atoms with E-state index in [1.54, 1.807) is 0 Å². The highest BCUT2D eigenvalue weighted by atomic mass is 14.3. The summed E-state index contributed by atoms with van der Waals surface area (Å²) in [5, 5.41) is 0. The molecule has 22 heavy (non-hydrogen) atoms. The van der Waals surface area contributed by atoms with E-state index in [1.807, 2.05) is 0 Å². The second kappa shape index (κ2) is 7.63. The third-order valence-corrected chi connectivity index (χ3v) is 4.89. The maximum absolute atomic E-state index is 2.40. The summed E-state index contributed by atoms with van der Waals surface area (Å²) in [5.41, 5.74) is 6.25. The molecular formula is C22H30. The zero-order chi connectivity index (χ0) is 16.0. The molecule has 0 aliphatic rings. The summed E-state index contributed by atoms with van der Waals surface area (Å²) < 4.78 is 0. The molecule has 0 aromatic heterocycles. The summed E-state index contributed by atoms with van der Waals surface area (Å²) in [7, 11) is 0. The molecule has 0 atom stereocenters. The van der Waals surface area contributed by atoms with Crippen molar-refractivity contribution < 1.29 is 0 Å². The van der Waals surface area contributed by atoms with Crippen LogP contribution in [0.4, 0.5) is 0 Å². The smallest absolute Gasteiger partial charge is 0.0101 e. The van der Waals surface area contributed by atoms with Crippen LogP contribution >= 0.6 is 0 Å². The zero-order valence-corrected chi connectivity index (χ0v) is 14.7. The number of hydrogen-bond acceptors (Lipinski definition) is 0. The number of unbranched alkanes of at least 4 members (excludes halogenated alkanes) is 1. The maximum atomic E-state index is 2.40. The number of rotatable bonds is 7. The largest absolute Gasteiger partial charge is 0.0620 e. The van der Waals surface area contributed by atoms with Crippen molar-refractivity contribution in [2.45, 2.75) is 65.2 Å². The second-order valence-electron chi connectivity index (χ2n) is 7.03. The van der Waals surface area contributed by atoms with Gasteiger partial charge in [-0.25, -0.2) is 0 Å². The minimum Gasteiger partial charge on any atom is -0.0620 e. The third kappa shape index (κ3) is 4.22. The van der Waals surface area contributed by atoms with Crippen molar-refractivity contribution in [1.82, 2.24) is 0 Å². The molecule has 0 saturated carbocycles. The molecule has 0 fully saturated rings. The molecule has 0 bridgehead atoms. The fourth-order valence-electron chi connectivity index (χ4n) is 3.40. The summed E-state index contributed by atoms with van der Waals surface area (Å²) in [5.74, 6) is 0. The first-order valence-electron chi connectivity index (χ1n) is 8.67. The van der Waals surface area contributed by atoms with Crippen molar-refractivity contribution in [3.63, 3.8) is 0 Å². The average molecular weight is 294 g/mol. The minimum absolute atomic E-state index is 0.276. The van der Waals surface area contributed by atoms with Gasteiger partial charge in [-0.05, 0) is 60.3 Å². The summed E-state index contributed by atoms with van der Waals surface area (Å²) in [6.07, 6.45) is 6.17. The van der Waals surface area contributed by atoms with Gasteiger partial charge in [0, 0.05) is 0 Å². The van der Waals surface area contributed by atoms with Crippen LogP contribution in [0.1, 0.15) is 62.3 Å². The lowest BCUT2D eigenvalue weighted by atomic mass is 9.77. The fourth-order valence-corrected chi connectivity index (χ4v) is 3.40. The number of aryl methyl sites for hydroxylation is 3. The minimum atomic E-state index is 0.276. The lowest BCUT2D eigenvalue weighted by molar-refractivity contribution is 0.448. The Hall–Kier alpha value is -1.56. The van der Waals surface area contributed by atoms with Gasteiger partial charge < -0.3 is 0 Å². The second-order valence-corrected chi connectivity index (χ2v) is 7.03. The van der Waals surface area contributed by atoms with Crippen LogP contribution < -0.4 is 0 Å².